The van der Waals surface area contributed by atoms with Crippen LogP contribution in [0.15, 0.2) is 115 Å². The zero-order valence-corrected chi connectivity index (χ0v) is 20.6. The number of para-hydroxylation sites is 2. The number of nitrogens with zero attached hydrogens (tertiary/aromatic N) is 4. The van der Waals surface area contributed by atoms with E-state index in [1.54, 1.807) is 35.2 Å². The molecule has 0 bridgehead atoms. The van der Waals surface area contributed by atoms with Gasteiger partial charge in [0.2, 0.25) is 10.0 Å². The highest BCUT2D eigenvalue weighted by molar-refractivity contribution is 7.89. The van der Waals surface area contributed by atoms with Crippen LogP contribution in [0.5, 0.6) is 0 Å². The summed E-state index contributed by atoms with van der Waals surface area (Å²) in [6.45, 7) is 1.63. The molecule has 0 fully saturated rings. The van der Waals surface area contributed by atoms with Gasteiger partial charge in [0.15, 0.2) is 0 Å². The Morgan fingerprint density at radius 2 is 1.53 bits per heavy atom. The summed E-state index contributed by atoms with van der Waals surface area (Å²) in [6, 6.07) is 28.6. The molecule has 0 atom stereocenters. The molecule has 8 heteroatoms. The molecule has 0 amide bonds. The summed E-state index contributed by atoms with van der Waals surface area (Å²) in [5.74, 6) is 0. The van der Waals surface area contributed by atoms with Crippen molar-refractivity contribution in [2.45, 2.75) is 18.0 Å². The zero-order chi connectivity index (χ0) is 24.8. The molecule has 5 aromatic rings. The lowest BCUT2D eigenvalue weighted by Gasteiger charge is -2.29. The van der Waals surface area contributed by atoms with E-state index in [9.17, 15) is 8.42 Å². The van der Waals surface area contributed by atoms with Crippen molar-refractivity contribution in [3.63, 3.8) is 0 Å². The maximum absolute atomic E-state index is 14.1. The summed E-state index contributed by atoms with van der Waals surface area (Å²) >= 11 is 0. The van der Waals surface area contributed by atoms with Gasteiger partial charge in [-0.2, -0.15) is 4.31 Å². The Balaban J connectivity index is 1.49. The van der Waals surface area contributed by atoms with Gasteiger partial charge in [-0.3, -0.25) is 4.98 Å². The first kappa shape index (κ1) is 23.7. The second kappa shape index (κ2) is 10.7. The average molecular weight is 498 g/mol. The van der Waals surface area contributed by atoms with E-state index in [0.29, 0.717) is 25.2 Å². The van der Waals surface area contributed by atoms with Crippen LogP contribution in [0.25, 0.3) is 10.9 Å². The number of anilines is 1. The van der Waals surface area contributed by atoms with Crippen LogP contribution >= 0.6 is 0 Å². The molecule has 0 unspecified atom stereocenters. The van der Waals surface area contributed by atoms with Crippen LogP contribution in [0.3, 0.4) is 0 Å². The number of sulfonamides is 1. The number of aromatic nitrogens is 3. The summed E-state index contributed by atoms with van der Waals surface area (Å²) < 4.78 is 29.7. The van der Waals surface area contributed by atoms with Gasteiger partial charge in [0.1, 0.15) is 4.90 Å². The van der Waals surface area contributed by atoms with Crippen molar-refractivity contribution in [2.75, 3.05) is 18.0 Å². The van der Waals surface area contributed by atoms with E-state index in [4.69, 9.17) is 0 Å². The van der Waals surface area contributed by atoms with Crippen LogP contribution < -0.4 is 4.90 Å². The van der Waals surface area contributed by atoms with Crippen molar-refractivity contribution < 1.29 is 8.42 Å². The lowest BCUT2D eigenvalue weighted by atomic mass is 10.2. The number of rotatable bonds is 10. The van der Waals surface area contributed by atoms with E-state index in [0.717, 1.165) is 22.3 Å². The zero-order valence-electron chi connectivity index (χ0n) is 19.7. The van der Waals surface area contributed by atoms with Gasteiger partial charge in [0, 0.05) is 43.1 Å². The average Bonchev–Trinajstić information content (AvgIpc) is 3.44. The topological polar surface area (TPSA) is 82.2 Å². The van der Waals surface area contributed by atoms with Crippen molar-refractivity contribution in [3.8, 4) is 0 Å². The SMILES string of the molecule is O=S(=O)(c1cccc2cccnc12)N(CCN(Cc1cnc[nH]1)c1ccccc1)Cc1ccccc1. The highest BCUT2D eigenvalue weighted by Gasteiger charge is 2.27. The smallest absolute Gasteiger partial charge is 0.245 e. The molecular weight excluding hydrogens is 470 g/mol. The maximum atomic E-state index is 14.1. The second-order valence-electron chi connectivity index (χ2n) is 8.49. The number of H-pyrrole nitrogens is 1. The molecule has 3 aromatic carbocycles. The Hall–Kier alpha value is -4.01. The first-order valence-electron chi connectivity index (χ1n) is 11.8. The number of fused-ring (bicyclic) bond motifs is 1. The predicted octanol–water partition coefficient (Wildman–Crippen LogP) is 4.86. The Morgan fingerprint density at radius 3 is 2.28 bits per heavy atom. The van der Waals surface area contributed by atoms with Crippen molar-refractivity contribution in [3.05, 3.63) is 121 Å². The van der Waals surface area contributed by atoms with E-state index in [2.05, 4.69) is 19.9 Å². The summed E-state index contributed by atoms with van der Waals surface area (Å²) in [5.41, 5.74) is 3.37. The van der Waals surface area contributed by atoms with E-state index < -0.39 is 10.0 Å². The molecule has 7 nitrogen and oxygen atoms in total. The van der Waals surface area contributed by atoms with E-state index in [1.807, 2.05) is 78.9 Å². The fourth-order valence-corrected chi connectivity index (χ4v) is 5.83. The standard InChI is InChI=1S/C28H27N5O2S/c34-36(35,27-15-7-11-24-12-8-16-30-28(24)27)33(20-23-9-3-1-4-10-23)18-17-32(21-25-19-29-22-31-25)26-13-5-2-6-14-26/h1-16,19,22H,17-18,20-21H2,(H,29,31). The normalized spacial score (nSPS) is 11.7. The monoisotopic (exact) mass is 497 g/mol. The lowest BCUT2D eigenvalue weighted by molar-refractivity contribution is 0.409. The van der Waals surface area contributed by atoms with E-state index in [-0.39, 0.29) is 11.4 Å². The van der Waals surface area contributed by atoms with Crippen LogP contribution in [0.1, 0.15) is 11.3 Å². The fourth-order valence-electron chi connectivity index (χ4n) is 4.24. The van der Waals surface area contributed by atoms with Crippen LogP contribution in [0.4, 0.5) is 5.69 Å². The minimum atomic E-state index is -3.84. The van der Waals surface area contributed by atoms with Crippen molar-refractivity contribution in [1.82, 2.24) is 19.3 Å². The largest absolute Gasteiger partial charge is 0.364 e. The molecule has 0 saturated carbocycles. The minimum absolute atomic E-state index is 0.219. The molecular formula is C28H27N5O2S. The molecule has 0 spiro atoms. The summed E-state index contributed by atoms with van der Waals surface area (Å²) in [5, 5.41) is 0.795. The van der Waals surface area contributed by atoms with Gasteiger partial charge in [0.25, 0.3) is 0 Å². The van der Waals surface area contributed by atoms with Gasteiger partial charge in [0.05, 0.1) is 24.1 Å². The Labute approximate surface area is 211 Å². The molecule has 1 N–H and O–H groups in total. The van der Waals surface area contributed by atoms with Crippen LogP contribution in [-0.2, 0) is 23.1 Å². The van der Waals surface area contributed by atoms with E-state index >= 15 is 0 Å². The summed E-state index contributed by atoms with van der Waals surface area (Å²) in [7, 11) is -3.84. The summed E-state index contributed by atoms with van der Waals surface area (Å²) in [4.78, 5) is 14.1. The number of aromatic amines is 1. The number of hydrogen-bond donors (Lipinski definition) is 1. The minimum Gasteiger partial charge on any atom is -0.364 e. The van der Waals surface area contributed by atoms with Crippen molar-refractivity contribution >= 4 is 26.6 Å². The fraction of sp³-hybridized carbons (Fsp3) is 0.143. The number of pyridine rings is 1. The number of benzene rings is 3. The highest BCUT2D eigenvalue weighted by Crippen LogP contribution is 2.26. The van der Waals surface area contributed by atoms with Gasteiger partial charge in [-0.25, -0.2) is 13.4 Å². The molecule has 2 aromatic heterocycles. The molecule has 0 saturated heterocycles. The molecule has 0 aliphatic carbocycles. The Kier molecular flexibility index (Phi) is 7.06. The van der Waals surface area contributed by atoms with Gasteiger partial charge in [-0.15, -0.1) is 0 Å². The van der Waals surface area contributed by atoms with Gasteiger partial charge in [-0.05, 0) is 29.8 Å². The van der Waals surface area contributed by atoms with Gasteiger partial charge < -0.3 is 9.88 Å². The number of imidazole rings is 1. The summed E-state index contributed by atoms with van der Waals surface area (Å²) in [6.07, 6.45) is 5.07. The quantitative estimate of drug-likeness (QED) is 0.298. The third-order valence-electron chi connectivity index (χ3n) is 6.07. The van der Waals surface area contributed by atoms with Crippen LogP contribution in [0, 0.1) is 0 Å². The molecule has 0 radical (unpaired) electrons. The van der Waals surface area contributed by atoms with E-state index in [1.165, 1.54) is 0 Å². The number of nitrogens with one attached hydrogen (secondary N) is 1. The third-order valence-corrected chi connectivity index (χ3v) is 7.95. The Morgan fingerprint density at radius 1 is 0.778 bits per heavy atom. The van der Waals surface area contributed by atoms with Gasteiger partial charge >= 0.3 is 0 Å². The second-order valence-corrected chi connectivity index (χ2v) is 10.4. The first-order valence-corrected chi connectivity index (χ1v) is 13.2. The molecule has 5 rings (SSSR count). The maximum Gasteiger partial charge on any atom is 0.245 e. The van der Waals surface area contributed by atoms with Crippen molar-refractivity contribution in [1.29, 1.82) is 0 Å². The third kappa shape index (κ3) is 5.30. The first-order chi connectivity index (χ1) is 17.6. The molecule has 2 heterocycles. The molecule has 0 aliphatic heterocycles. The Bertz CT molecular complexity index is 1500. The predicted molar refractivity (Wildman–Crippen MR) is 142 cm³/mol. The molecule has 36 heavy (non-hydrogen) atoms. The van der Waals surface area contributed by atoms with Crippen LogP contribution in [-0.4, -0.2) is 40.8 Å². The molecule has 0 aliphatic rings. The van der Waals surface area contributed by atoms with Crippen molar-refractivity contribution in [2.24, 2.45) is 0 Å². The molecule has 182 valence electrons. The number of hydrogen-bond acceptors (Lipinski definition) is 5. The van der Waals surface area contributed by atoms with Crippen LogP contribution in [0.2, 0.25) is 0 Å². The lowest BCUT2D eigenvalue weighted by Crippen LogP contribution is -2.38. The highest BCUT2D eigenvalue weighted by atomic mass is 32.2. The van der Waals surface area contributed by atoms with Gasteiger partial charge in [-0.1, -0.05) is 66.7 Å².